The number of carbonyl (C=O) groups is 1. The summed E-state index contributed by atoms with van der Waals surface area (Å²) in [6.07, 6.45) is 3.20. The Morgan fingerprint density at radius 3 is 3.00 bits per heavy atom. The summed E-state index contributed by atoms with van der Waals surface area (Å²) in [6.45, 7) is 3.13. The van der Waals surface area contributed by atoms with E-state index in [1.807, 2.05) is 6.92 Å². The van der Waals surface area contributed by atoms with Crippen LogP contribution in [-0.2, 0) is 16.4 Å². The van der Waals surface area contributed by atoms with Gasteiger partial charge >= 0.3 is 6.03 Å². The Balaban J connectivity index is 1.75. The molecule has 0 aromatic carbocycles. The van der Waals surface area contributed by atoms with Crippen molar-refractivity contribution >= 4 is 21.7 Å². The third-order valence-electron chi connectivity index (χ3n) is 3.11. The average molecular weight is 301 g/mol. The van der Waals surface area contributed by atoms with E-state index < -0.39 is 15.9 Å². The van der Waals surface area contributed by atoms with E-state index in [2.05, 4.69) is 20.9 Å². The topological polar surface area (TPSA) is 106 Å². The second-order valence-electron chi connectivity index (χ2n) is 4.97. The van der Waals surface area contributed by atoms with Gasteiger partial charge in [-0.2, -0.15) is 0 Å². The third kappa shape index (κ3) is 4.19. The van der Waals surface area contributed by atoms with E-state index in [9.17, 15) is 13.2 Å². The van der Waals surface area contributed by atoms with Crippen LogP contribution >= 0.6 is 0 Å². The zero-order chi connectivity index (χ0) is 14.6. The van der Waals surface area contributed by atoms with Gasteiger partial charge in [0.05, 0.1) is 17.7 Å². The molecule has 1 aromatic heterocycles. The highest BCUT2D eigenvalue weighted by Gasteiger charge is 2.27. The summed E-state index contributed by atoms with van der Waals surface area (Å²) in [5.74, 6) is 0.753. The van der Waals surface area contributed by atoms with Gasteiger partial charge in [-0.1, -0.05) is 12.1 Å². The van der Waals surface area contributed by atoms with E-state index in [4.69, 9.17) is 0 Å². The van der Waals surface area contributed by atoms with E-state index in [-0.39, 0.29) is 17.4 Å². The molecule has 1 saturated heterocycles. The van der Waals surface area contributed by atoms with Crippen LogP contribution in [0.15, 0.2) is 6.20 Å². The smallest absolute Gasteiger partial charge is 0.320 e. The summed E-state index contributed by atoms with van der Waals surface area (Å²) < 4.78 is 24.2. The molecule has 112 valence electrons. The number of sulfone groups is 1. The Kier molecular flexibility index (Phi) is 4.58. The van der Waals surface area contributed by atoms with Gasteiger partial charge in [-0.25, -0.2) is 13.2 Å². The summed E-state index contributed by atoms with van der Waals surface area (Å²) in [4.78, 5) is 11.6. The van der Waals surface area contributed by atoms with Crippen LogP contribution in [0.2, 0.25) is 0 Å². The molecule has 1 aromatic rings. The monoisotopic (exact) mass is 301 g/mol. The van der Waals surface area contributed by atoms with E-state index in [0.717, 1.165) is 13.0 Å². The second-order valence-corrected chi connectivity index (χ2v) is 7.20. The number of nitrogens with one attached hydrogen (secondary N) is 2. The Hall–Kier alpha value is -1.64. The number of rotatable bonds is 5. The lowest BCUT2D eigenvalue weighted by atomic mass is 10.1. The predicted molar refractivity (Wildman–Crippen MR) is 74.1 cm³/mol. The Labute approximate surface area is 117 Å². The molecule has 1 aliphatic heterocycles. The van der Waals surface area contributed by atoms with E-state index in [0.29, 0.717) is 18.8 Å². The number of nitrogens with zero attached hydrogens (tertiary/aromatic N) is 3. The van der Waals surface area contributed by atoms with Crippen LogP contribution in [0.1, 0.15) is 19.8 Å². The van der Waals surface area contributed by atoms with Gasteiger partial charge in [-0.3, -0.25) is 10.00 Å². The molecule has 20 heavy (non-hydrogen) atoms. The van der Waals surface area contributed by atoms with Gasteiger partial charge in [0.2, 0.25) is 0 Å². The maximum atomic E-state index is 11.6. The normalized spacial score (nSPS) is 20.8. The van der Waals surface area contributed by atoms with E-state index >= 15 is 0 Å². The highest BCUT2D eigenvalue weighted by molar-refractivity contribution is 7.91. The highest BCUT2D eigenvalue weighted by atomic mass is 32.2. The van der Waals surface area contributed by atoms with Crippen LogP contribution in [0.5, 0.6) is 0 Å². The van der Waals surface area contributed by atoms with Crippen LogP contribution in [0.25, 0.3) is 0 Å². The molecule has 0 saturated carbocycles. The molecule has 0 spiro atoms. The van der Waals surface area contributed by atoms with Gasteiger partial charge in [-0.05, 0) is 18.8 Å². The molecule has 2 rings (SSSR count). The van der Waals surface area contributed by atoms with E-state index in [1.165, 1.54) is 0 Å². The van der Waals surface area contributed by atoms with Crippen molar-refractivity contribution in [1.29, 1.82) is 0 Å². The quantitative estimate of drug-likeness (QED) is 0.810. The Bertz CT molecular complexity index is 568. The molecule has 2 amide bonds. The zero-order valence-electron chi connectivity index (χ0n) is 11.4. The fourth-order valence-electron chi connectivity index (χ4n) is 2.12. The molecule has 0 radical (unpaired) electrons. The molecule has 1 unspecified atom stereocenters. The number of aryl methyl sites for hydroxylation is 1. The first-order chi connectivity index (χ1) is 9.48. The van der Waals surface area contributed by atoms with Crippen molar-refractivity contribution in [3.8, 4) is 0 Å². The van der Waals surface area contributed by atoms with Crippen LogP contribution in [0, 0.1) is 5.92 Å². The minimum absolute atomic E-state index is 0.00141. The van der Waals surface area contributed by atoms with Crippen molar-refractivity contribution in [2.45, 2.75) is 26.3 Å². The standard InChI is InChI=1S/C11H19N5O3S/c1-2-4-16-7-10(14-15-16)13-11(17)12-6-9-3-5-20(18,19)8-9/h7,9H,2-6,8H2,1H3,(H2,12,13,17). The fourth-order valence-corrected chi connectivity index (χ4v) is 3.99. The lowest BCUT2D eigenvalue weighted by molar-refractivity contribution is 0.250. The summed E-state index contributed by atoms with van der Waals surface area (Å²) in [7, 11) is -2.90. The first-order valence-electron chi connectivity index (χ1n) is 6.64. The molecule has 9 heteroatoms. The van der Waals surface area contributed by atoms with Crippen LogP contribution in [0.4, 0.5) is 10.6 Å². The van der Waals surface area contributed by atoms with Crippen LogP contribution < -0.4 is 10.6 Å². The second kappa shape index (κ2) is 6.21. The number of anilines is 1. The molecule has 0 aliphatic carbocycles. The lowest BCUT2D eigenvalue weighted by Gasteiger charge is -2.09. The number of carbonyl (C=O) groups excluding carboxylic acids is 1. The van der Waals surface area contributed by atoms with Crippen molar-refractivity contribution in [2.75, 3.05) is 23.4 Å². The van der Waals surface area contributed by atoms with Crippen molar-refractivity contribution in [3.05, 3.63) is 6.20 Å². The third-order valence-corrected chi connectivity index (χ3v) is 4.95. The first kappa shape index (κ1) is 14.8. The highest BCUT2D eigenvalue weighted by Crippen LogP contribution is 2.17. The molecular weight excluding hydrogens is 282 g/mol. The lowest BCUT2D eigenvalue weighted by Crippen LogP contribution is -2.33. The van der Waals surface area contributed by atoms with E-state index in [1.54, 1.807) is 10.9 Å². The summed E-state index contributed by atoms with van der Waals surface area (Å²) in [5.41, 5.74) is 0. The predicted octanol–water partition coefficient (Wildman–Crippen LogP) is 0.244. The maximum absolute atomic E-state index is 11.6. The molecule has 1 fully saturated rings. The number of hydrogen-bond donors (Lipinski definition) is 2. The fraction of sp³-hybridized carbons (Fsp3) is 0.727. The van der Waals surface area contributed by atoms with Crippen molar-refractivity contribution < 1.29 is 13.2 Å². The average Bonchev–Trinajstić information content (AvgIpc) is 2.94. The minimum atomic E-state index is -2.90. The maximum Gasteiger partial charge on any atom is 0.320 e. The van der Waals surface area contributed by atoms with Crippen molar-refractivity contribution in [3.63, 3.8) is 0 Å². The van der Waals surface area contributed by atoms with Gasteiger partial charge < -0.3 is 5.32 Å². The van der Waals surface area contributed by atoms with Gasteiger partial charge in [0.15, 0.2) is 15.7 Å². The number of urea groups is 1. The molecule has 1 atom stereocenters. The summed E-state index contributed by atoms with van der Waals surface area (Å²) >= 11 is 0. The molecule has 2 N–H and O–H groups in total. The van der Waals surface area contributed by atoms with Crippen LogP contribution in [0.3, 0.4) is 0 Å². The first-order valence-corrected chi connectivity index (χ1v) is 8.46. The van der Waals surface area contributed by atoms with Gasteiger partial charge in [0, 0.05) is 13.1 Å². The summed E-state index contributed by atoms with van der Waals surface area (Å²) in [5, 5.41) is 12.9. The minimum Gasteiger partial charge on any atom is -0.338 e. The number of aromatic nitrogens is 3. The SMILES string of the molecule is CCCn1cc(NC(=O)NCC2CCS(=O)(=O)C2)nn1. The molecule has 1 aliphatic rings. The number of hydrogen-bond acceptors (Lipinski definition) is 5. The zero-order valence-corrected chi connectivity index (χ0v) is 12.2. The Morgan fingerprint density at radius 1 is 1.55 bits per heavy atom. The van der Waals surface area contributed by atoms with Gasteiger partial charge in [0.1, 0.15) is 0 Å². The molecular formula is C11H19N5O3S. The molecule has 2 heterocycles. The van der Waals surface area contributed by atoms with Gasteiger partial charge in [-0.15, -0.1) is 5.10 Å². The van der Waals surface area contributed by atoms with Crippen molar-refractivity contribution in [1.82, 2.24) is 20.3 Å². The Morgan fingerprint density at radius 2 is 2.35 bits per heavy atom. The van der Waals surface area contributed by atoms with Gasteiger partial charge in [0.25, 0.3) is 0 Å². The summed E-state index contributed by atoms with van der Waals surface area (Å²) in [6, 6.07) is -0.391. The molecule has 8 nitrogen and oxygen atoms in total. The van der Waals surface area contributed by atoms with Crippen LogP contribution in [-0.4, -0.2) is 47.5 Å². The largest absolute Gasteiger partial charge is 0.338 e. The molecule has 0 bridgehead atoms. The van der Waals surface area contributed by atoms with Crippen molar-refractivity contribution in [2.24, 2.45) is 5.92 Å². The number of amides is 2.